The van der Waals surface area contributed by atoms with E-state index in [0.717, 1.165) is 30.5 Å². The van der Waals surface area contributed by atoms with Crippen molar-refractivity contribution in [1.82, 2.24) is 4.98 Å². The summed E-state index contributed by atoms with van der Waals surface area (Å²) in [5, 5.41) is 8.90. The van der Waals surface area contributed by atoms with Crippen molar-refractivity contribution in [1.29, 1.82) is 5.26 Å². The fourth-order valence-electron chi connectivity index (χ4n) is 2.00. The van der Waals surface area contributed by atoms with Crippen molar-refractivity contribution in [3.63, 3.8) is 0 Å². The molecule has 0 radical (unpaired) electrons. The van der Waals surface area contributed by atoms with E-state index in [4.69, 9.17) is 11.0 Å². The summed E-state index contributed by atoms with van der Waals surface area (Å²) < 4.78 is 0. The predicted molar refractivity (Wildman–Crippen MR) is 50.1 cm³/mol. The number of aromatic nitrogens is 1. The molecule has 3 heteroatoms. The fraction of sp³-hybridized carbons (Fsp3) is 0.400. The molecule has 66 valence electrons. The van der Waals surface area contributed by atoms with Crippen molar-refractivity contribution in [2.45, 2.75) is 26.2 Å². The van der Waals surface area contributed by atoms with E-state index in [0.29, 0.717) is 11.4 Å². The molecule has 0 fully saturated rings. The number of nitrogens with two attached hydrogens (primary N) is 1. The van der Waals surface area contributed by atoms with Gasteiger partial charge >= 0.3 is 0 Å². The summed E-state index contributed by atoms with van der Waals surface area (Å²) in [5.74, 6) is 0.389. The lowest BCUT2D eigenvalue weighted by atomic mass is 10.0. The number of nitrogen functional groups attached to an aromatic ring is 1. The highest BCUT2D eigenvalue weighted by molar-refractivity contribution is 5.58. The van der Waals surface area contributed by atoms with Gasteiger partial charge in [-0.25, -0.2) is 4.98 Å². The molecule has 0 atom stereocenters. The molecule has 0 saturated carbocycles. The molecule has 1 aromatic rings. The molecule has 0 saturated heterocycles. The summed E-state index contributed by atoms with van der Waals surface area (Å²) in [4.78, 5) is 4.17. The average Bonchev–Trinajstić information content (AvgIpc) is 2.53. The van der Waals surface area contributed by atoms with Crippen molar-refractivity contribution < 1.29 is 0 Å². The van der Waals surface area contributed by atoms with E-state index in [1.165, 1.54) is 5.56 Å². The normalized spacial score (nSPS) is 13.8. The van der Waals surface area contributed by atoms with Crippen molar-refractivity contribution in [2.24, 2.45) is 0 Å². The van der Waals surface area contributed by atoms with Crippen molar-refractivity contribution in [3.8, 4) is 6.07 Å². The smallest absolute Gasteiger partial charge is 0.141 e. The van der Waals surface area contributed by atoms with Crippen LogP contribution in [0.2, 0.25) is 0 Å². The van der Waals surface area contributed by atoms with Crippen molar-refractivity contribution in [2.75, 3.05) is 5.73 Å². The van der Waals surface area contributed by atoms with Crippen LogP contribution < -0.4 is 5.73 Å². The van der Waals surface area contributed by atoms with Gasteiger partial charge in [0, 0.05) is 5.69 Å². The number of fused-ring (bicyclic) bond motifs is 1. The SMILES string of the molecule is Cc1nc(N)c(C#N)c2c1CCC2. The zero-order valence-corrected chi connectivity index (χ0v) is 7.59. The van der Waals surface area contributed by atoms with E-state index in [1.807, 2.05) is 6.92 Å². The third-order valence-electron chi connectivity index (χ3n) is 2.61. The second-order valence-corrected chi connectivity index (χ2v) is 3.38. The number of hydrogen-bond donors (Lipinski definition) is 1. The Kier molecular flexibility index (Phi) is 1.70. The third kappa shape index (κ3) is 1.06. The van der Waals surface area contributed by atoms with Crippen LogP contribution in [-0.2, 0) is 12.8 Å². The van der Waals surface area contributed by atoms with Crippen LogP contribution >= 0.6 is 0 Å². The lowest BCUT2D eigenvalue weighted by Crippen LogP contribution is -2.03. The number of nitrogens with zero attached hydrogens (tertiary/aromatic N) is 2. The molecule has 2 N–H and O–H groups in total. The maximum Gasteiger partial charge on any atom is 0.141 e. The lowest BCUT2D eigenvalue weighted by molar-refractivity contribution is 0.906. The van der Waals surface area contributed by atoms with E-state index >= 15 is 0 Å². The van der Waals surface area contributed by atoms with Gasteiger partial charge in [0.25, 0.3) is 0 Å². The monoisotopic (exact) mass is 173 g/mol. The van der Waals surface area contributed by atoms with Crippen LogP contribution in [-0.4, -0.2) is 4.98 Å². The first-order valence-electron chi connectivity index (χ1n) is 4.42. The predicted octanol–water partition coefficient (Wildman–Crippen LogP) is 1.33. The quantitative estimate of drug-likeness (QED) is 0.643. The van der Waals surface area contributed by atoms with Gasteiger partial charge < -0.3 is 5.73 Å². The standard InChI is InChI=1S/C10H11N3/c1-6-7-3-2-4-8(7)9(5-11)10(12)13-6/h2-4H2,1H3,(H2,12,13). The largest absolute Gasteiger partial charge is 0.383 e. The molecule has 0 bridgehead atoms. The van der Waals surface area contributed by atoms with Crippen molar-refractivity contribution in [3.05, 3.63) is 22.4 Å². The number of pyridine rings is 1. The maximum absolute atomic E-state index is 8.90. The van der Waals surface area contributed by atoms with Crippen molar-refractivity contribution >= 4 is 5.82 Å². The van der Waals surface area contributed by atoms with Crippen LogP contribution in [0.4, 0.5) is 5.82 Å². The van der Waals surface area contributed by atoms with Crippen LogP contribution in [0.5, 0.6) is 0 Å². The number of hydrogen-bond acceptors (Lipinski definition) is 3. The minimum absolute atomic E-state index is 0.389. The second kappa shape index (κ2) is 2.74. The van der Waals surface area contributed by atoms with Crippen LogP contribution in [0, 0.1) is 18.3 Å². The highest BCUT2D eigenvalue weighted by atomic mass is 14.8. The molecule has 0 unspecified atom stereocenters. The minimum atomic E-state index is 0.389. The van der Waals surface area contributed by atoms with E-state index in [2.05, 4.69) is 11.1 Å². The summed E-state index contributed by atoms with van der Waals surface area (Å²) in [5.41, 5.74) is 9.63. The first kappa shape index (κ1) is 8.06. The van der Waals surface area contributed by atoms with E-state index in [1.54, 1.807) is 0 Å². The molecular weight excluding hydrogens is 162 g/mol. The molecule has 1 aromatic heterocycles. The second-order valence-electron chi connectivity index (χ2n) is 3.38. The molecule has 0 spiro atoms. The molecule has 13 heavy (non-hydrogen) atoms. The molecule has 1 aliphatic rings. The van der Waals surface area contributed by atoms with E-state index in [9.17, 15) is 0 Å². The zero-order valence-electron chi connectivity index (χ0n) is 7.59. The van der Waals surface area contributed by atoms with Crippen LogP contribution in [0.3, 0.4) is 0 Å². The van der Waals surface area contributed by atoms with Gasteiger partial charge in [-0.15, -0.1) is 0 Å². The third-order valence-corrected chi connectivity index (χ3v) is 2.61. The minimum Gasteiger partial charge on any atom is -0.383 e. The topological polar surface area (TPSA) is 62.7 Å². The molecule has 3 nitrogen and oxygen atoms in total. The van der Waals surface area contributed by atoms with Gasteiger partial charge in [0.1, 0.15) is 11.9 Å². The van der Waals surface area contributed by atoms with Gasteiger partial charge in [-0.2, -0.15) is 5.26 Å². The van der Waals surface area contributed by atoms with Gasteiger partial charge in [0.15, 0.2) is 0 Å². The highest BCUT2D eigenvalue weighted by Crippen LogP contribution is 2.29. The fourth-order valence-corrected chi connectivity index (χ4v) is 2.00. The van der Waals surface area contributed by atoms with Gasteiger partial charge in [0.2, 0.25) is 0 Å². The summed E-state index contributed by atoms with van der Waals surface area (Å²) in [6.45, 7) is 1.96. The molecule has 2 rings (SSSR count). The summed E-state index contributed by atoms with van der Waals surface area (Å²) in [7, 11) is 0. The number of rotatable bonds is 0. The number of aryl methyl sites for hydroxylation is 1. The molecule has 1 aliphatic carbocycles. The van der Waals surface area contributed by atoms with Crippen LogP contribution in [0.1, 0.15) is 28.8 Å². The molecule has 0 amide bonds. The maximum atomic E-state index is 8.90. The average molecular weight is 173 g/mol. The first-order chi connectivity index (χ1) is 6.24. The van der Waals surface area contributed by atoms with Crippen LogP contribution in [0.25, 0.3) is 0 Å². The Balaban J connectivity index is 2.74. The molecular formula is C10H11N3. The number of nitriles is 1. The Hall–Kier alpha value is -1.56. The molecule has 0 aromatic carbocycles. The Bertz CT molecular complexity index is 402. The molecule has 1 heterocycles. The summed E-state index contributed by atoms with van der Waals surface area (Å²) >= 11 is 0. The Morgan fingerprint density at radius 1 is 1.38 bits per heavy atom. The number of anilines is 1. The molecule has 0 aliphatic heterocycles. The highest BCUT2D eigenvalue weighted by Gasteiger charge is 2.20. The summed E-state index contributed by atoms with van der Waals surface area (Å²) in [6, 6.07) is 2.14. The lowest BCUT2D eigenvalue weighted by Gasteiger charge is -2.07. The van der Waals surface area contributed by atoms with Gasteiger partial charge in [-0.05, 0) is 37.3 Å². The van der Waals surface area contributed by atoms with Gasteiger partial charge in [-0.3, -0.25) is 0 Å². The van der Waals surface area contributed by atoms with Crippen LogP contribution in [0.15, 0.2) is 0 Å². The van der Waals surface area contributed by atoms with Gasteiger partial charge in [0.05, 0.1) is 5.56 Å². The first-order valence-corrected chi connectivity index (χ1v) is 4.42. The summed E-state index contributed by atoms with van der Waals surface area (Å²) in [6.07, 6.45) is 3.14. The Morgan fingerprint density at radius 3 is 2.77 bits per heavy atom. The van der Waals surface area contributed by atoms with E-state index < -0.39 is 0 Å². The zero-order chi connectivity index (χ0) is 9.42. The van der Waals surface area contributed by atoms with Gasteiger partial charge in [-0.1, -0.05) is 0 Å². The Morgan fingerprint density at radius 2 is 2.08 bits per heavy atom. The Labute approximate surface area is 77.2 Å². The van der Waals surface area contributed by atoms with E-state index in [-0.39, 0.29) is 0 Å².